The van der Waals surface area contributed by atoms with Crippen LogP contribution < -0.4 is 5.32 Å². The number of rotatable bonds is 2. The molecule has 0 saturated heterocycles. The second kappa shape index (κ2) is 4.62. The highest BCUT2D eigenvalue weighted by atomic mass is 14.9. The number of nitrogens with zero attached hydrogens (tertiary/aromatic N) is 1. The molecule has 0 bridgehead atoms. The van der Waals surface area contributed by atoms with E-state index in [1.54, 1.807) is 0 Å². The lowest BCUT2D eigenvalue weighted by molar-refractivity contribution is 0.738. The van der Waals surface area contributed by atoms with Crippen molar-refractivity contribution in [1.29, 1.82) is 0 Å². The summed E-state index contributed by atoms with van der Waals surface area (Å²) in [5.41, 5.74) is 5.75. The van der Waals surface area contributed by atoms with Crippen LogP contribution in [0.5, 0.6) is 0 Å². The van der Waals surface area contributed by atoms with Crippen LogP contribution in [-0.2, 0) is 13.5 Å². The molecule has 2 heterocycles. The summed E-state index contributed by atoms with van der Waals surface area (Å²) < 4.78 is 2.28. The largest absolute Gasteiger partial charge is 0.350 e. The van der Waals surface area contributed by atoms with Gasteiger partial charge in [0.15, 0.2) is 0 Å². The standard InChI is InChI=1S/C16H20N2/c1-3-12-5-4-6-14-15(11-18(2)16(12)14)13-7-9-17-10-8-13/h4-7,11,17H,3,8-10H2,1-2H3. The number of aryl methyl sites for hydroxylation is 2. The maximum Gasteiger partial charge on any atom is 0.0516 e. The Hall–Kier alpha value is -1.54. The molecule has 0 fully saturated rings. The average Bonchev–Trinajstić information content (AvgIpc) is 2.77. The molecule has 0 radical (unpaired) electrons. The SMILES string of the molecule is CCc1cccc2c(C3=CCNCC3)cn(C)c12. The fourth-order valence-corrected chi connectivity index (χ4v) is 2.96. The Balaban J connectivity index is 2.22. The Labute approximate surface area is 108 Å². The molecule has 0 amide bonds. The average molecular weight is 240 g/mol. The molecule has 2 aromatic rings. The fraction of sp³-hybridized carbons (Fsp3) is 0.375. The van der Waals surface area contributed by atoms with Gasteiger partial charge in [0.1, 0.15) is 0 Å². The van der Waals surface area contributed by atoms with Gasteiger partial charge < -0.3 is 9.88 Å². The lowest BCUT2D eigenvalue weighted by Gasteiger charge is -2.13. The minimum absolute atomic E-state index is 0.999. The third-order valence-corrected chi connectivity index (χ3v) is 3.88. The fourth-order valence-electron chi connectivity index (χ4n) is 2.96. The van der Waals surface area contributed by atoms with E-state index in [1.165, 1.54) is 27.6 Å². The van der Waals surface area contributed by atoms with Crippen molar-refractivity contribution in [2.24, 2.45) is 7.05 Å². The zero-order valence-electron chi connectivity index (χ0n) is 11.2. The summed E-state index contributed by atoms with van der Waals surface area (Å²) in [5.74, 6) is 0. The van der Waals surface area contributed by atoms with E-state index in [0.717, 1.165) is 25.9 Å². The van der Waals surface area contributed by atoms with Crippen molar-refractivity contribution >= 4 is 16.5 Å². The molecule has 0 atom stereocenters. The van der Waals surface area contributed by atoms with Gasteiger partial charge in [-0.1, -0.05) is 31.2 Å². The zero-order chi connectivity index (χ0) is 12.5. The summed E-state index contributed by atoms with van der Waals surface area (Å²) in [6, 6.07) is 6.68. The molecular formula is C16H20N2. The van der Waals surface area contributed by atoms with Crippen LogP contribution in [0.2, 0.25) is 0 Å². The molecule has 2 nitrogen and oxygen atoms in total. The highest BCUT2D eigenvalue weighted by Crippen LogP contribution is 2.31. The van der Waals surface area contributed by atoms with Crippen LogP contribution in [0, 0.1) is 0 Å². The first-order valence-electron chi connectivity index (χ1n) is 6.78. The predicted octanol–water partition coefficient (Wildman–Crippen LogP) is 3.12. The Morgan fingerprint density at radius 3 is 2.94 bits per heavy atom. The van der Waals surface area contributed by atoms with Gasteiger partial charge in [-0.15, -0.1) is 0 Å². The Bertz CT molecular complexity index is 605. The van der Waals surface area contributed by atoms with E-state index in [9.17, 15) is 0 Å². The van der Waals surface area contributed by atoms with E-state index in [2.05, 4.69) is 54.3 Å². The van der Waals surface area contributed by atoms with Crippen LogP contribution in [-0.4, -0.2) is 17.7 Å². The highest BCUT2D eigenvalue weighted by molar-refractivity contribution is 5.95. The lowest BCUT2D eigenvalue weighted by atomic mass is 9.98. The van der Waals surface area contributed by atoms with Crippen molar-refractivity contribution in [3.8, 4) is 0 Å². The van der Waals surface area contributed by atoms with E-state index < -0.39 is 0 Å². The van der Waals surface area contributed by atoms with Crippen LogP contribution in [0.25, 0.3) is 16.5 Å². The topological polar surface area (TPSA) is 17.0 Å². The molecule has 18 heavy (non-hydrogen) atoms. The van der Waals surface area contributed by atoms with Gasteiger partial charge in [-0.25, -0.2) is 0 Å². The number of hydrogen-bond acceptors (Lipinski definition) is 1. The number of hydrogen-bond donors (Lipinski definition) is 1. The molecule has 1 aliphatic heterocycles. The molecule has 1 N–H and O–H groups in total. The van der Waals surface area contributed by atoms with Gasteiger partial charge >= 0.3 is 0 Å². The van der Waals surface area contributed by atoms with Crippen molar-refractivity contribution < 1.29 is 0 Å². The molecule has 3 rings (SSSR count). The first-order valence-corrected chi connectivity index (χ1v) is 6.78. The number of para-hydroxylation sites is 1. The number of nitrogens with one attached hydrogen (secondary N) is 1. The van der Waals surface area contributed by atoms with Crippen LogP contribution in [0.3, 0.4) is 0 Å². The molecule has 0 spiro atoms. The van der Waals surface area contributed by atoms with Gasteiger partial charge in [-0.3, -0.25) is 0 Å². The molecule has 2 heteroatoms. The maximum atomic E-state index is 3.38. The lowest BCUT2D eigenvalue weighted by Crippen LogP contribution is -2.19. The molecule has 0 unspecified atom stereocenters. The number of benzene rings is 1. The van der Waals surface area contributed by atoms with Crippen molar-refractivity contribution in [2.75, 3.05) is 13.1 Å². The second-order valence-corrected chi connectivity index (χ2v) is 5.00. The van der Waals surface area contributed by atoms with E-state index >= 15 is 0 Å². The third kappa shape index (κ3) is 1.77. The summed E-state index contributed by atoms with van der Waals surface area (Å²) in [6.07, 6.45) is 6.85. The molecule has 1 aliphatic rings. The number of fused-ring (bicyclic) bond motifs is 1. The summed E-state index contributed by atoms with van der Waals surface area (Å²) in [7, 11) is 2.16. The van der Waals surface area contributed by atoms with Crippen molar-refractivity contribution in [3.63, 3.8) is 0 Å². The Morgan fingerprint density at radius 2 is 2.22 bits per heavy atom. The van der Waals surface area contributed by atoms with Gasteiger partial charge in [0, 0.05) is 30.7 Å². The minimum atomic E-state index is 0.999. The summed E-state index contributed by atoms with van der Waals surface area (Å²) in [5, 5.41) is 4.79. The first kappa shape index (κ1) is 11.5. The second-order valence-electron chi connectivity index (χ2n) is 5.00. The first-order chi connectivity index (χ1) is 8.81. The smallest absolute Gasteiger partial charge is 0.0516 e. The van der Waals surface area contributed by atoms with Crippen molar-refractivity contribution in [2.45, 2.75) is 19.8 Å². The van der Waals surface area contributed by atoms with Crippen LogP contribution in [0.4, 0.5) is 0 Å². The normalized spacial score (nSPS) is 16.0. The summed E-state index contributed by atoms with van der Waals surface area (Å²) >= 11 is 0. The molecular weight excluding hydrogens is 220 g/mol. The van der Waals surface area contributed by atoms with Gasteiger partial charge in [0.2, 0.25) is 0 Å². The van der Waals surface area contributed by atoms with E-state index in [1.807, 2.05) is 0 Å². The molecule has 1 aromatic carbocycles. The molecule has 0 saturated carbocycles. The maximum absolute atomic E-state index is 3.38. The number of aromatic nitrogens is 1. The van der Waals surface area contributed by atoms with Gasteiger partial charge in [-0.05, 0) is 30.5 Å². The van der Waals surface area contributed by atoms with Gasteiger partial charge in [-0.2, -0.15) is 0 Å². The monoisotopic (exact) mass is 240 g/mol. The molecule has 0 aliphatic carbocycles. The predicted molar refractivity (Wildman–Crippen MR) is 77.8 cm³/mol. The van der Waals surface area contributed by atoms with E-state index in [4.69, 9.17) is 0 Å². The zero-order valence-corrected chi connectivity index (χ0v) is 11.2. The van der Waals surface area contributed by atoms with Gasteiger partial charge in [0.25, 0.3) is 0 Å². The third-order valence-electron chi connectivity index (χ3n) is 3.88. The quantitative estimate of drug-likeness (QED) is 0.853. The van der Waals surface area contributed by atoms with Crippen LogP contribution in [0.1, 0.15) is 24.5 Å². The summed E-state index contributed by atoms with van der Waals surface area (Å²) in [6.45, 7) is 4.32. The summed E-state index contributed by atoms with van der Waals surface area (Å²) in [4.78, 5) is 0. The molecule has 94 valence electrons. The van der Waals surface area contributed by atoms with Crippen LogP contribution >= 0.6 is 0 Å². The Kier molecular flexibility index (Phi) is 2.96. The van der Waals surface area contributed by atoms with Gasteiger partial charge in [0.05, 0.1) is 5.52 Å². The van der Waals surface area contributed by atoms with E-state index in [0.29, 0.717) is 0 Å². The minimum Gasteiger partial charge on any atom is -0.350 e. The Morgan fingerprint density at radius 1 is 1.33 bits per heavy atom. The highest BCUT2D eigenvalue weighted by Gasteiger charge is 2.13. The van der Waals surface area contributed by atoms with Crippen molar-refractivity contribution in [1.82, 2.24) is 9.88 Å². The van der Waals surface area contributed by atoms with E-state index in [-0.39, 0.29) is 0 Å². The van der Waals surface area contributed by atoms with Crippen LogP contribution in [0.15, 0.2) is 30.5 Å². The molecule has 1 aromatic heterocycles. The van der Waals surface area contributed by atoms with Crippen molar-refractivity contribution in [3.05, 3.63) is 41.6 Å².